The lowest BCUT2D eigenvalue weighted by atomic mass is 10.0. The van der Waals surface area contributed by atoms with Crippen LogP contribution in [0.4, 0.5) is 23.7 Å². The molecule has 0 unspecified atom stereocenters. The molecular weight excluding hydrogens is 571 g/mol. The van der Waals surface area contributed by atoms with Gasteiger partial charge in [-0.1, -0.05) is 66.7 Å². The summed E-state index contributed by atoms with van der Waals surface area (Å²) in [5.74, 6) is 0.219. The number of anilines is 1. The van der Waals surface area contributed by atoms with E-state index in [4.69, 9.17) is 14.7 Å². The average Bonchev–Trinajstić information content (AvgIpc) is 3.18. The summed E-state index contributed by atoms with van der Waals surface area (Å²) >= 11 is 0. The van der Waals surface area contributed by atoms with Crippen molar-refractivity contribution in [3.8, 4) is 17.6 Å². The Hall–Kier alpha value is -5.30. The molecule has 10 heteroatoms. The zero-order valence-corrected chi connectivity index (χ0v) is 24.0. The number of halogens is 3. The first-order valence-electron chi connectivity index (χ1n) is 13.7. The van der Waals surface area contributed by atoms with Crippen LogP contribution in [0.15, 0.2) is 97.1 Å². The Bertz CT molecular complexity index is 1720. The summed E-state index contributed by atoms with van der Waals surface area (Å²) in [5, 5.41) is 9.14. The molecule has 1 aliphatic heterocycles. The minimum absolute atomic E-state index is 0.0306. The van der Waals surface area contributed by atoms with Gasteiger partial charge in [-0.05, 0) is 60.9 Å². The number of imide groups is 1. The van der Waals surface area contributed by atoms with Gasteiger partial charge in [-0.2, -0.15) is 18.4 Å². The van der Waals surface area contributed by atoms with Gasteiger partial charge in [0.05, 0.1) is 22.9 Å². The Morgan fingerprint density at radius 3 is 1.93 bits per heavy atom. The van der Waals surface area contributed by atoms with Crippen molar-refractivity contribution in [2.24, 2.45) is 0 Å². The fourth-order valence-electron chi connectivity index (χ4n) is 4.87. The van der Waals surface area contributed by atoms with Crippen LogP contribution in [0.1, 0.15) is 41.7 Å². The molecule has 5 rings (SSSR count). The molecule has 0 N–H and O–H groups in total. The fourth-order valence-corrected chi connectivity index (χ4v) is 4.87. The highest BCUT2D eigenvalue weighted by molar-refractivity contribution is 6.23. The van der Waals surface area contributed by atoms with Crippen LogP contribution in [-0.2, 0) is 30.7 Å². The van der Waals surface area contributed by atoms with E-state index >= 15 is 0 Å². The molecular formula is C34H28F3N3O4. The maximum Gasteiger partial charge on any atom is 0.417 e. The molecule has 1 heterocycles. The number of carbonyl (C=O) groups excluding carboxylic acids is 2. The summed E-state index contributed by atoms with van der Waals surface area (Å²) in [6.07, 6.45) is -4.84. The van der Waals surface area contributed by atoms with E-state index in [0.29, 0.717) is 29.7 Å². The first-order valence-corrected chi connectivity index (χ1v) is 13.7. The SMILES string of the molecule is CC1(C)C(=O)N(c2ccc(C#N)c(C(F)(F)F)c2)C(=O)N1Cc1ccc(OCc2ccccc2)c(OCc2ccccc2)c1. The number of amides is 3. The summed E-state index contributed by atoms with van der Waals surface area (Å²) in [6, 6.07) is 27.9. The molecule has 44 heavy (non-hydrogen) atoms. The Morgan fingerprint density at radius 2 is 1.36 bits per heavy atom. The maximum absolute atomic E-state index is 13.6. The molecule has 0 saturated carbocycles. The number of nitrogens with zero attached hydrogens (tertiary/aromatic N) is 3. The average molecular weight is 600 g/mol. The maximum atomic E-state index is 13.6. The number of benzene rings is 4. The summed E-state index contributed by atoms with van der Waals surface area (Å²) < 4.78 is 53.1. The van der Waals surface area contributed by atoms with E-state index in [9.17, 15) is 22.8 Å². The third kappa shape index (κ3) is 6.22. The van der Waals surface area contributed by atoms with Crippen molar-refractivity contribution in [3.05, 3.63) is 125 Å². The quantitative estimate of drug-likeness (QED) is 0.186. The van der Waals surface area contributed by atoms with Gasteiger partial charge in [0.2, 0.25) is 0 Å². The zero-order chi connectivity index (χ0) is 31.5. The molecule has 7 nitrogen and oxygen atoms in total. The van der Waals surface area contributed by atoms with Gasteiger partial charge in [-0.3, -0.25) is 4.79 Å². The van der Waals surface area contributed by atoms with Gasteiger partial charge in [0.15, 0.2) is 11.5 Å². The number of ether oxygens (including phenoxy) is 2. The van der Waals surface area contributed by atoms with Crippen molar-refractivity contribution >= 4 is 17.6 Å². The van der Waals surface area contributed by atoms with Crippen LogP contribution < -0.4 is 14.4 Å². The van der Waals surface area contributed by atoms with Crippen molar-refractivity contribution in [1.29, 1.82) is 5.26 Å². The van der Waals surface area contributed by atoms with Crippen molar-refractivity contribution in [1.82, 2.24) is 4.90 Å². The van der Waals surface area contributed by atoms with Gasteiger partial charge in [0.25, 0.3) is 5.91 Å². The van der Waals surface area contributed by atoms with Crippen LogP contribution in [0, 0.1) is 11.3 Å². The highest BCUT2D eigenvalue weighted by Crippen LogP contribution is 2.39. The van der Waals surface area contributed by atoms with Crippen LogP contribution in [0.2, 0.25) is 0 Å². The van der Waals surface area contributed by atoms with Crippen molar-refractivity contribution in [2.45, 2.75) is 45.3 Å². The van der Waals surface area contributed by atoms with Crippen LogP contribution in [0.25, 0.3) is 0 Å². The first kappa shape index (κ1) is 30.2. The molecule has 1 aliphatic rings. The molecule has 4 aromatic carbocycles. The number of rotatable bonds is 9. The summed E-state index contributed by atoms with van der Waals surface area (Å²) in [6.45, 7) is 3.59. The number of carbonyl (C=O) groups is 2. The van der Waals surface area contributed by atoms with Crippen LogP contribution >= 0.6 is 0 Å². The number of hydrogen-bond donors (Lipinski definition) is 0. The van der Waals surface area contributed by atoms with Gasteiger partial charge >= 0.3 is 12.2 Å². The van der Waals surface area contributed by atoms with E-state index in [1.165, 1.54) is 24.8 Å². The summed E-state index contributed by atoms with van der Waals surface area (Å²) in [7, 11) is 0. The monoisotopic (exact) mass is 599 g/mol. The van der Waals surface area contributed by atoms with E-state index in [-0.39, 0.29) is 18.8 Å². The zero-order valence-electron chi connectivity index (χ0n) is 24.0. The second-order valence-corrected chi connectivity index (χ2v) is 10.7. The minimum atomic E-state index is -4.84. The Kier molecular flexibility index (Phi) is 8.32. The second-order valence-electron chi connectivity index (χ2n) is 10.7. The smallest absolute Gasteiger partial charge is 0.417 e. The lowest BCUT2D eigenvalue weighted by molar-refractivity contribution is -0.137. The van der Waals surface area contributed by atoms with Gasteiger partial charge in [-0.15, -0.1) is 0 Å². The van der Waals surface area contributed by atoms with Crippen molar-refractivity contribution in [2.75, 3.05) is 4.90 Å². The first-order chi connectivity index (χ1) is 21.0. The predicted molar refractivity (Wildman–Crippen MR) is 157 cm³/mol. The molecule has 3 amide bonds. The number of alkyl halides is 3. The third-order valence-corrected chi connectivity index (χ3v) is 7.33. The normalized spacial score (nSPS) is 14.5. The van der Waals surface area contributed by atoms with Crippen LogP contribution in [0.3, 0.4) is 0 Å². The third-order valence-electron chi connectivity index (χ3n) is 7.33. The van der Waals surface area contributed by atoms with Gasteiger partial charge in [0, 0.05) is 6.54 Å². The molecule has 4 aromatic rings. The summed E-state index contributed by atoms with van der Waals surface area (Å²) in [4.78, 5) is 29.0. The van der Waals surface area contributed by atoms with E-state index in [1.807, 2.05) is 60.7 Å². The standard InChI is InChI=1S/C34H28F3N3O4/c1-33(2)31(41)40(27-15-14-26(19-38)28(18-27)34(35,36)37)32(42)39(33)20-25-13-16-29(43-21-23-9-5-3-6-10-23)30(17-25)44-22-24-11-7-4-8-12-24/h3-18H,20-22H2,1-2H3. The molecule has 1 saturated heterocycles. The molecule has 0 aliphatic carbocycles. The number of hydrogen-bond acceptors (Lipinski definition) is 5. The molecule has 0 atom stereocenters. The van der Waals surface area contributed by atoms with Gasteiger partial charge < -0.3 is 14.4 Å². The van der Waals surface area contributed by atoms with Crippen molar-refractivity contribution in [3.63, 3.8) is 0 Å². The second kappa shape index (κ2) is 12.1. The van der Waals surface area contributed by atoms with Gasteiger partial charge in [0.1, 0.15) is 18.8 Å². The number of urea groups is 1. The largest absolute Gasteiger partial charge is 0.485 e. The summed E-state index contributed by atoms with van der Waals surface area (Å²) in [5.41, 5.74) is -0.952. The van der Waals surface area contributed by atoms with Crippen LogP contribution in [-0.4, -0.2) is 22.4 Å². The molecule has 0 bridgehead atoms. The molecule has 1 fully saturated rings. The van der Waals surface area contributed by atoms with Crippen LogP contribution in [0.5, 0.6) is 11.5 Å². The predicted octanol–water partition coefficient (Wildman–Crippen LogP) is 7.48. The molecule has 0 radical (unpaired) electrons. The lowest BCUT2D eigenvalue weighted by Crippen LogP contribution is -2.43. The highest BCUT2D eigenvalue weighted by Gasteiger charge is 2.52. The minimum Gasteiger partial charge on any atom is -0.485 e. The molecule has 224 valence electrons. The Labute approximate surface area is 252 Å². The van der Waals surface area contributed by atoms with E-state index < -0.39 is 34.8 Å². The lowest BCUT2D eigenvalue weighted by Gasteiger charge is -2.28. The van der Waals surface area contributed by atoms with Crippen molar-refractivity contribution < 1.29 is 32.2 Å². The van der Waals surface area contributed by atoms with Gasteiger partial charge in [-0.25, -0.2) is 9.69 Å². The fraction of sp³-hybridized carbons (Fsp3) is 0.206. The topological polar surface area (TPSA) is 82.9 Å². The van der Waals surface area contributed by atoms with E-state index in [1.54, 1.807) is 18.2 Å². The van der Waals surface area contributed by atoms with E-state index in [2.05, 4.69) is 0 Å². The van der Waals surface area contributed by atoms with E-state index in [0.717, 1.165) is 28.2 Å². The molecule has 0 aromatic heterocycles. The Balaban J connectivity index is 1.42. The number of nitriles is 1. The molecule has 0 spiro atoms. The highest BCUT2D eigenvalue weighted by atomic mass is 19.4. The Morgan fingerprint density at radius 1 is 0.773 bits per heavy atom.